The molecule has 1 aromatic heterocycles. The number of benzene rings is 1. The van der Waals surface area contributed by atoms with E-state index in [1.807, 2.05) is 19.1 Å². The predicted octanol–water partition coefficient (Wildman–Crippen LogP) is 1.95. The summed E-state index contributed by atoms with van der Waals surface area (Å²) in [6.45, 7) is 3.98. The minimum Gasteiger partial charge on any atom is -0.508 e. The fourth-order valence-electron chi connectivity index (χ4n) is 2.87. The molecule has 130 valence electrons. The van der Waals surface area contributed by atoms with Crippen molar-refractivity contribution in [1.29, 1.82) is 0 Å². The van der Waals surface area contributed by atoms with E-state index in [-0.39, 0.29) is 17.6 Å². The molecule has 0 saturated carbocycles. The second kappa shape index (κ2) is 7.34. The largest absolute Gasteiger partial charge is 0.508 e. The van der Waals surface area contributed by atoms with E-state index in [0.29, 0.717) is 37.4 Å². The Morgan fingerprint density at radius 3 is 2.20 bits per heavy atom. The first kappa shape index (κ1) is 17.0. The molecule has 0 bridgehead atoms. The molecule has 2 aromatic rings. The second-order valence-electron chi connectivity index (χ2n) is 6.03. The number of phenolic OH excluding ortho intramolecular Hbond substituents is 1. The van der Waals surface area contributed by atoms with E-state index in [4.69, 9.17) is 0 Å². The van der Waals surface area contributed by atoms with Gasteiger partial charge in [-0.05, 0) is 48.4 Å². The molecule has 6 heteroatoms. The second-order valence-corrected chi connectivity index (χ2v) is 6.03. The van der Waals surface area contributed by atoms with Crippen molar-refractivity contribution < 1.29 is 14.7 Å². The zero-order valence-corrected chi connectivity index (χ0v) is 14.2. The normalized spacial score (nSPS) is 14.4. The van der Waals surface area contributed by atoms with Crippen LogP contribution in [0.3, 0.4) is 0 Å². The summed E-state index contributed by atoms with van der Waals surface area (Å²) in [5.74, 6) is -0.0426. The van der Waals surface area contributed by atoms with Gasteiger partial charge in [-0.25, -0.2) is 0 Å². The first-order valence-electron chi connectivity index (χ1n) is 8.41. The van der Waals surface area contributed by atoms with Crippen molar-refractivity contribution in [3.63, 3.8) is 0 Å². The molecular weight excluding hydrogens is 318 g/mol. The average molecular weight is 339 g/mol. The maximum Gasteiger partial charge on any atom is 0.272 e. The summed E-state index contributed by atoms with van der Waals surface area (Å²) in [5, 5.41) is 9.32. The predicted molar refractivity (Wildman–Crippen MR) is 93.5 cm³/mol. The molecule has 25 heavy (non-hydrogen) atoms. The number of carbonyl (C=O) groups excluding carboxylic acids is 2. The molecule has 1 aliphatic heterocycles. The van der Waals surface area contributed by atoms with E-state index >= 15 is 0 Å². The first-order valence-corrected chi connectivity index (χ1v) is 8.41. The van der Waals surface area contributed by atoms with Gasteiger partial charge in [-0.15, -0.1) is 0 Å². The van der Waals surface area contributed by atoms with Gasteiger partial charge in [-0.3, -0.25) is 14.6 Å². The molecule has 1 saturated heterocycles. The van der Waals surface area contributed by atoms with Crippen LogP contribution in [-0.2, 0) is 6.42 Å². The summed E-state index contributed by atoms with van der Waals surface area (Å²) in [7, 11) is 0. The average Bonchev–Trinajstić information content (AvgIpc) is 2.67. The summed E-state index contributed by atoms with van der Waals surface area (Å²) in [6.07, 6.45) is 2.52. The number of nitrogens with zero attached hydrogens (tertiary/aromatic N) is 3. The Morgan fingerprint density at radius 1 is 1.00 bits per heavy atom. The zero-order valence-electron chi connectivity index (χ0n) is 14.2. The number of hydrogen-bond acceptors (Lipinski definition) is 4. The maximum absolute atomic E-state index is 12.6. The number of aryl methyl sites for hydroxylation is 1. The molecule has 3 rings (SSSR count). The van der Waals surface area contributed by atoms with Crippen LogP contribution in [-0.4, -0.2) is 57.9 Å². The van der Waals surface area contributed by atoms with Crippen molar-refractivity contribution in [2.75, 3.05) is 26.2 Å². The van der Waals surface area contributed by atoms with Crippen molar-refractivity contribution in [2.45, 2.75) is 13.3 Å². The fraction of sp³-hybridized carbons (Fsp3) is 0.316. The number of phenols is 1. The van der Waals surface area contributed by atoms with Crippen LogP contribution in [0.15, 0.2) is 42.6 Å². The third-order valence-corrected chi connectivity index (χ3v) is 4.42. The number of carbonyl (C=O) groups is 2. The van der Waals surface area contributed by atoms with Crippen LogP contribution in [0.25, 0.3) is 0 Å². The van der Waals surface area contributed by atoms with Crippen LogP contribution in [0.4, 0.5) is 0 Å². The van der Waals surface area contributed by atoms with Crippen molar-refractivity contribution in [3.05, 3.63) is 59.4 Å². The molecule has 1 aromatic carbocycles. The highest BCUT2D eigenvalue weighted by Crippen LogP contribution is 2.14. The smallest absolute Gasteiger partial charge is 0.272 e. The van der Waals surface area contributed by atoms with Crippen LogP contribution in [0.1, 0.15) is 33.3 Å². The number of aromatic nitrogens is 1. The third kappa shape index (κ3) is 3.79. The summed E-state index contributed by atoms with van der Waals surface area (Å²) in [4.78, 5) is 32.7. The van der Waals surface area contributed by atoms with Gasteiger partial charge >= 0.3 is 0 Å². The molecular formula is C19H21N3O3. The Kier molecular flexibility index (Phi) is 4.97. The van der Waals surface area contributed by atoms with Crippen LogP contribution in [0.5, 0.6) is 5.75 Å². The van der Waals surface area contributed by atoms with Crippen LogP contribution in [0, 0.1) is 0 Å². The Balaban J connectivity index is 1.62. The van der Waals surface area contributed by atoms with E-state index < -0.39 is 0 Å². The van der Waals surface area contributed by atoms with E-state index in [0.717, 1.165) is 12.0 Å². The molecule has 1 N–H and O–H groups in total. The third-order valence-electron chi connectivity index (χ3n) is 4.42. The van der Waals surface area contributed by atoms with E-state index in [9.17, 15) is 14.7 Å². The van der Waals surface area contributed by atoms with Gasteiger partial charge in [0.15, 0.2) is 0 Å². The summed E-state index contributed by atoms with van der Waals surface area (Å²) in [6, 6.07) is 9.95. The molecule has 0 aliphatic carbocycles. The molecule has 1 aliphatic rings. The molecule has 0 radical (unpaired) electrons. The van der Waals surface area contributed by atoms with Gasteiger partial charge in [0.25, 0.3) is 11.8 Å². The van der Waals surface area contributed by atoms with Crippen molar-refractivity contribution >= 4 is 11.8 Å². The molecule has 2 amide bonds. The SMILES string of the molecule is CCc1ccnc(C(=O)N2CCN(C(=O)c3ccc(O)cc3)CC2)c1. The van der Waals surface area contributed by atoms with Gasteiger partial charge in [0.05, 0.1) is 0 Å². The Morgan fingerprint density at radius 2 is 1.60 bits per heavy atom. The molecule has 0 atom stereocenters. The fourth-order valence-corrected chi connectivity index (χ4v) is 2.87. The van der Waals surface area contributed by atoms with Gasteiger partial charge in [-0.1, -0.05) is 6.92 Å². The number of pyridine rings is 1. The van der Waals surface area contributed by atoms with Crippen LogP contribution < -0.4 is 0 Å². The van der Waals surface area contributed by atoms with Crippen LogP contribution in [0.2, 0.25) is 0 Å². The molecule has 0 unspecified atom stereocenters. The van der Waals surface area contributed by atoms with E-state index in [1.165, 1.54) is 12.1 Å². The molecule has 0 spiro atoms. The number of piperazine rings is 1. The van der Waals surface area contributed by atoms with Gasteiger partial charge < -0.3 is 14.9 Å². The summed E-state index contributed by atoms with van der Waals surface area (Å²) >= 11 is 0. The van der Waals surface area contributed by atoms with Gasteiger partial charge in [0, 0.05) is 37.9 Å². The van der Waals surface area contributed by atoms with Crippen molar-refractivity contribution in [2.24, 2.45) is 0 Å². The highest BCUT2D eigenvalue weighted by molar-refractivity contribution is 5.95. The highest BCUT2D eigenvalue weighted by Gasteiger charge is 2.26. The Labute approximate surface area is 146 Å². The maximum atomic E-state index is 12.6. The molecule has 6 nitrogen and oxygen atoms in total. The number of rotatable bonds is 3. The lowest BCUT2D eigenvalue weighted by Crippen LogP contribution is -2.50. The Bertz CT molecular complexity index is 766. The standard InChI is InChI=1S/C19H21N3O3/c1-2-14-7-8-20-17(13-14)19(25)22-11-9-21(10-12-22)18(24)15-3-5-16(23)6-4-15/h3-8,13,23H,2,9-12H2,1H3. The van der Waals surface area contributed by atoms with Gasteiger partial charge in [0.2, 0.25) is 0 Å². The lowest BCUT2D eigenvalue weighted by atomic mass is 10.1. The molecule has 2 heterocycles. The van der Waals surface area contributed by atoms with Crippen molar-refractivity contribution in [3.8, 4) is 5.75 Å². The van der Waals surface area contributed by atoms with E-state index in [2.05, 4.69) is 4.98 Å². The zero-order chi connectivity index (χ0) is 17.8. The topological polar surface area (TPSA) is 73.7 Å². The number of aromatic hydroxyl groups is 1. The molecule has 1 fully saturated rings. The Hall–Kier alpha value is -2.89. The lowest BCUT2D eigenvalue weighted by molar-refractivity contribution is 0.0532. The van der Waals surface area contributed by atoms with Gasteiger partial charge in [0.1, 0.15) is 11.4 Å². The number of hydrogen-bond donors (Lipinski definition) is 1. The summed E-state index contributed by atoms with van der Waals surface area (Å²) < 4.78 is 0. The van der Waals surface area contributed by atoms with Gasteiger partial charge in [-0.2, -0.15) is 0 Å². The minimum absolute atomic E-state index is 0.0850. The minimum atomic E-state index is -0.0907. The van der Waals surface area contributed by atoms with Crippen molar-refractivity contribution in [1.82, 2.24) is 14.8 Å². The highest BCUT2D eigenvalue weighted by atomic mass is 16.3. The van der Waals surface area contributed by atoms with Crippen LogP contribution >= 0.6 is 0 Å². The monoisotopic (exact) mass is 339 g/mol. The summed E-state index contributed by atoms with van der Waals surface area (Å²) in [5.41, 5.74) is 2.08. The lowest BCUT2D eigenvalue weighted by Gasteiger charge is -2.34. The number of amides is 2. The van der Waals surface area contributed by atoms with E-state index in [1.54, 1.807) is 28.1 Å². The first-order chi connectivity index (χ1) is 12.1. The quantitative estimate of drug-likeness (QED) is 0.927.